The Morgan fingerprint density at radius 1 is 1.41 bits per heavy atom. The molecule has 0 aliphatic carbocycles. The number of rotatable bonds is 5. The summed E-state index contributed by atoms with van der Waals surface area (Å²) in [6, 6.07) is 1.83. The van der Waals surface area contributed by atoms with E-state index in [2.05, 4.69) is 28.9 Å². The summed E-state index contributed by atoms with van der Waals surface area (Å²) < 4.78 is 0. The van der Waals surface area contributed by atoms with E-state index in [0.717, 1.165) is 24.0 Å². The first-order valence-corrected chi connectivity index (χ1v) is 5.98. The van der Waals surface area contributed by atoms with Crippen LogP contribution in [0.25, 0.3) is 0 Å². The molecule has 0 saturated heterocycles. The van der Waals surface area contributed by atoms with Crippen LogP contribution in [0.1, 0.15) is 50.2 Å². The molecular weight excluding hydrogens is 212 g/mol. The van der Waals surface area contributed by atoms with E-state index in [9.17, 15) is 0 Å². The number of pyridine rings is 1. The van der Waals surface area contributed by atoms with Crippen LogP contribution in [-0.2, 0) is 0 Å². The van der Waals surface area contributed by atoms with Gasteiger partial charge in [-0.1, -0.05) is 43.2 Å². The smallest absolute Gasteiger partial charge is 0.0761 e. The van der Waals surface area contributed by atoms with Gasteiger partial charge in [-0.3, -0.25) is 4.98 Å². The number of oxime groups is 1. The second kappa shape index (κ2) is 8.35. The summed E-state index contributed by atoms with van der Waals surface area (Å²) in [5.41, 5.74) is 1.60. The van der Waals surface area contributed by atoms with Gasteiger partial charge < -0.3 is 5.21 Å². The van der Waals surface area contributed by atoms with Crippen LogP contribution >= 0.6 is 0 Å². The van der Waals surface area contributed by atoms with Crippen LogP contribution in [0.5, 0.6) is 0 Å². The van der Waals surface area contributed by atoms with Gasteiger partial charge in [0.2, 0.25) is 0 Å². The van der Waals surface area contributed by atoms with Gasteiger partial charge in [0, 0.05) is 29.9 Å². The molecule has 3 nitrogen and oxygen atoms in total. The normalized spacial score (nSPS) is 10.2. The number of unbranched alkanes of at least 4 members (excludes halogenated alkanes) is 4. The molecule has 1 aromatic heterocycles. The summed E-state index contributed by atoms with van der Waals surface area (Å²) in [6.07, 6.45) is 10.5. The molecule has 0 unspecified atom stereocenters. The quantitative estimate of drug-likeness (QED) is 0.277. The van der Waals surface area contributed by atoms with Gasteiger partial charge in [-0.2, -0.15) is 0 Å². The zero-order valence-corrected chi connectivity index (χ0v) is 10.2. The SMILES string of the molecule is CCCCCCC#Cc1ccncc1/C=N/O. The van der Waals surface area contributed by atoms with Crippen LogP contribution in [0.15, 0.2) is 23.6 Å². The highest BCUT2D eigenvalue weighted by atomic mass is 16.4. The summed E-state index contributed by atoms with van der Waals surface area (Å²) >= 11 is 0. The van der Waals surface area contributed by atoms with Crippen LogP contribution in [0.3, 0.4) is 0 Å². The highest BCUT2D eigenvalue weighted by molar-refractivity contribution is 5.82. The molecule has 0 saturated carbocycles. The van der Waals surface area contributed by atoms with E-state index in [0.29, 0.717) is 0 Å². The Balaban J connectivity index is 2.53. The molecule has 1 heterocycles. The van der Waals surface area contributed by atoms with E-state index in [1.54, 1.807) is 12.4 Å². The van der Waals surface area contributed by atoms with Gasteiger partial charge >= 0.3 is 0 Å². The molecule has 0 aromatic carbocycles. The minimum Gasteiger partial charge on any atom is -0.411 e. The number of nitrogens with zero attached hydrogens (tertiary/aromatic N) is 2. The maximum atomic E-state index is 8.51. The van der Waals surface area contributed by atoms with Gasteiger partial charge in [0.25, 0.3) is 0 Å². The minimum absolute atomic E-state index is 0.746. The highest BCUT2D eigenvalue weighted by Crippen LogP contribution is 2.04. The molecule has 0 aliphatic heterocycles. The summed E-state index contributed by atoms with van der Waals surface area (Å²) in [5.74, 6) is 6.22. The Hall–Kier alpha value is -1.82. The zero-order valence-electron chi connectivity index (χ0n) is 10.2. The standard InChI is InChI=1S/C14H18N2O/c1-2-3-4-5-6-7-8-13-9-10-15-11-14(13)12-16-17/h9-12,17H,2-6H2,1H3/b16-12+. The van der Waals surface area contributed by atoms with Crippen LogP contribution in [0.4, 0.5) is 0 Å². The molecule has 0 aliphatic rings. The van der Waals surface area contributed by atoms with Gasteiger partial charge in [0.15, 0.2) is 0 Å². The van der Waals surface area contributed by atoms with Crippen molar-refractivity contribution in [2.75, 3.05) is 0 Å². The Bertz CT molecular complexity index is 416. The third-order valence-electron chi connectivity index (χ3n) is 2.43. The lowest BCUT2D eigenvalue weighted by atomic mass is 10.1. The monoisotopic (exact) mass is 230 g/mol. The molecule has 0 amide bonds. The number of hydrogen-bond acceptors (Lipinski definition) is 3. The molecule has 0 atom stereocenters. The predicted octanol–water partition coefficient (Wildman–Crippen LogP) is 3.21. The lowest BCUT2D eigenvalue weighted by Crippen LogP contribution is -1.89. The third kappa shape index (κ3) is 5.17. The van der Waals surface area contributed by atoms with Crippen LogP contribution in [0.2, 0.25) is 0 Å². The Morgan fingerprint density at radius 2 is 2.29 bits per heavy atom. The van der Waals surface area contributed by atoms with Crippen LogP contribution in [-0.4, -0.2) is 16.4 Å². The lowest BCUT2D eigenvalue weighted by molar-refractivity contribution is 0.322. The van der Waals surface area contributed by atoms with E-state index < -0.39 is 0 Å². The van der Waals surface area contributed by atoms with E-state index in [4.69, 9.17) is 5.21 Å². The Morgan fingerprint density at radius 3 is 3.06 bits per heavy atom. The van der Waals surface area contributed by atoms with Crippen molar-refractivity contribution in [3.63, 3.8) is 0 Å². The molecule has 17 heavy (non-hydrogen) atoms. The summed E-state index contributed by atoms with van der Waals surface area (Å²) in [4.78, 5) is 3.96. The second-order valence-electron chi connectivity index (χ2n) is 3.82. The summed E-state index contributed by atoms with van der Waals surface area (Å²) in [5, 5.41) is 11.5. The van der Waals surface area contributed by atoms with Crippen molar-refractivity contribution in [3.8, 4) is 11.8 Å². The average molecular weight is 230 g/mol. The van der Waals surface area contributed by atoms with Crippen molar-refractivity contribution in [2.24, 2.45) is 5.16 Å². The van der Waals surface area contributed by atoms with Crippen LogP contribution in [0, 0.1) is 11.8 Å². The van der Waals surface area contributed by atoms with Crippen molar-refractivity contribution in [1.29, 1.82) is 0 Å². The third-order valence-corrected chi connectivity index (χ3v) is 2.43. The van der Waals surface area contributed by atoms with Crippen molar-refractivity contribution < 1.29 is 5.21 Å². The molecule has 0 spiro atoms. The first-order chi connectivity index (χ1) is 8.38. The molecule has 1 rings (SSSR count). The predicted molar refractivity (Wildman–Crippen MR) is 69.3 cm³/mol. The first kappa shape index (κ1) is 13.2. The maximum absolute atomic E-state index is 8.51. The maximum Gasteiger partial charge on any atom is 0.0761 e. The average Bonchev–Trinajstić information content (AvgIpc) is 2.36. The topological polar surface area (TPSA) is 45.5 Å². The van der Waals surface area contributed by atoms with Crippen LogP contribution < -0.4 is 0 Å². The van der Waals surface area contributed by atoms with Gasteiger partial charge in [0.05, 0.1) is 6.21 Å². The molecule has 3 heteroatoms. The molecule has 90 valence electrons. The van der Waals surface area contributed by atoms with E-state index in [-0.39, 0.29) is 0 Å². The highest BCUT2D eigenvalue weighted by Gasteiger charge is 1.95. The van der Waals surface area contributed by atoms with Gasteiger partial charge in [-0.05, 0) is 12.5 Å². The van der Waals surface area contributed by atoms with E-state index in [1.807, 2.05) is 6.07 Å². The molecule has 0 radical (unpaired) electrons. The Labute approximate surface area is 103 Å². The molecule has 1 aromatic rings. The van der Waals surface area contributed by atoms with Crippen molar-refractivity contribution in [2.45, 2.75) is 39.0 Å². The lowest BCUT2D eigenvalue weighted by Gasteiger charge is -1.95. The summed E-state index contributed by atoms with van der Waals surface area (Å²) in [6.45, 7) is 2.20. The number of hydrogen-bond donors (Lipinski definition) is 1. The first-order valence-electron chi connectivity index (χ1n) is 5.98. The minimum atomic E-state index is 0.746. The van der Waals surface area contributed by atoms with Crippen molar-refractivity contribution in [3.05, 3.63) is 29.6 Å². The molecule has 0 fully saturated rings. The van der Waals surface area contributed by atoms with Crippen molar-refractivity contribution >= 4 is 6.21 Å². The van der Waals surface area contributed by atoms with Crippen molar-refractivity contribution in [1.82, 2.24) is 4.98 Å². The molecule has 0 bridgehead atoms. The largest absolute Gasteiger partial charge is 0.411 e. The fraction of sp³-hybridized carbons (Fsp3) is 0.429. The van der Waals surface area contributed by atoms with Gasteiger partial charge in [0.1, 0.15) is 0 Å². The molecule has 1 N–H and O–H groups in total. The van der Waals surface area contributed by atoms with Gasteiger partial charge in [-0.25, -0.2) is 0 Å². The zero-order chi connectivity index (χ0) is 12.3. The van der Waals surface area contributed by atoms with E-state index in [1.165, 1.54) is 25.5 Å². The Kier molecular flexibility index (Phi) is 6.50. The second-order valence-corrected chi connectivity index (χ2v) is 3.82. The molecular formula is C14H18N2O. The fourth-order valence-electron chi connectivity index (χ4n) is 1.48. The van der Waals surface area contributed by atoms with E-state index >= 15 is 0 Å². The van der Waals surface area contributed by atoms with Gasteiger partial charge in [-0.15, -0.1) is 0 Å². The summed E-state index contributed by atoms with van der Waals surface area (Å²) in [7, 11) is 0. The fourth-order valence-corrected chi connectivity index (χ4v) is 1.48. The number of aromatic nitrogens is 1.